The molecule has 6 heteroatoms. The summed E-state index contributed by atoms with van der Waals surface area (Å²) in [7, 11) is 0. The van der Waals surface area contributed by atoms with Gasteiger partial charge in [-0.15, -0.1) is 11.8 Å². The van der Waals surface area contributed by atoms with E-state index in [1.54, 1.807) is 18.0 Å². The first-order chi connectivity index (χ1) is 11.8. The Kier molecular flexibility index (Phi) is 4.38. The fraction of sp³-hybridized carbons (Fsp3) is 0.389. The lowest BCUT2D eigenvalue weighted by atomic mass is 10.2. The zero-order valence-electron chi connectivity index (χ0n) is 13.4. The van der Waals surface area contributed by atoms with Crippen LogP contribution in [-0.2, 0) is 0 Å². The van der Waals surface area contributed by atoms with Gasteiger partial charge >= 0.3 is 0 Å². The maximum absolute atomic E-state index is 12.9. The molecule has 2 heterocycles. The number of nitrogens with zero attached hydrogens (tertiary/aromatic N) is 3. The van der Waals surface area contributed by atoms with Crippen LogP contribution in [0.1, 0.15) is 29.8 Å². The van der Waals surface area contributed by atoms with Crippen molar-refractivity contribution in [2.24, 2.45) is 5.92 Å². The number of anilines is 1. The summed E-state index contributed by atoms with van der Waals surface area (Å²) in [5.41, 5.74) is 1.32. The number of fused-ring (bicyclic) bond motifs is 1. The van der Waals surface area contributed by atoms with Crippen molar-refractivity contribution < 1.29 is 9.53 Å². The summed E-state index contributed by atoms with van der Waals surface area (Å²) in [6.07, 6.45) is 6.49. The highest BCUT2D eigenvalue weighted by atomic mass is 32.2. The Morgan fingerprint density at radius 3 is 2.92 bits per heavy atom. The lowest BCUT2D eigenvalue weighted by molar-refractivity contribution is 0.0981. The highest BCUT2D eigenvalue weighted by molar-refractivity contribution is 7.99. The van der Waals surface area contributed by atoms with Crippen LogP contribution < -0.4 is 9.64 Å². The summed E-state index contributed by atoms with van der Waals surface area (Å²) in [5.74, 6) is 2.07. The van der Waals surface area contributed by atoms with Crippen LogP contribution in [0.15, 0.2) is 41.6 Å². The Morgan fingerprint density at radius 1 is 1.25 bits per heavy atom. The lowest BCUT2D eigenvalue weighted by Crippen LogP contribution is -2.32. The highest BCUT2D eigenvalue weighted by Crippen LogP contribution is 2.34. The van der Waals surface area contributed by atoms with E-state index in [1.807, 2.05) is 23.1 Å². The van der Waals surface area contributed by atoms with Crippen molar-refractivity contribution >= 4 is 23.4 Å². The molecule has 0 saturated heterocycles. The van der Waals surface area contributed by atoms with Crippen LogP contribution in [0.4, 0.5) is 5.69 Å². The zero-order chi connectivity index (χ0) is 16.4. The smallest absolute Gasteiger partial charge is 0.278 e. The second-order valence-corrected chi connectivity index (χ2v) is 7.26. The molecular formula is C18H19N3O2S. The number of carbonyl (C=O) groups excluding carboxylic acids is 1. The molecular weight excluding hydrogens is 322 g/mol. The van der Waals surface area contributed by atoms with Crippen molar-refractivity contribution in [1.29, 1.82) is 0 Å². The topological polar surface area (TPSA) is 55.3 Å². The van der Waals surface area contributed by atoms with Crippen LogP contribution in [0, 0.1) is 5.92 Å². The predicted molar refractivity (Wildman–Crippen MR) is 93.7 cm³/mol. The minimum absolute atomic E-state index is 0.105. The van der Waals surface area contributed by atoms with E-state index in [-0.39, 0.29) is 5.91 Å². The molecule has 4 rings (SSSR count). The van der Waals surface area contributed by atoms with E-state index in [4.69, 9.17) is 4.74 Å². The van der Waals surface area contributed by atoms with Crippen molar-refractivity contribution in [3.63, 3.8) is 0 Å². The Labute approximate surface area is 145 Å². The molecule has 1 saturated carbocycles. The fourth-order valence-corrected chi connectivity index (χ4v) is 3.66. The maximum Gasteiger partial charge on any atom is 0.278 e. The summed E-state index contributed by atoms with van der Waals surface area (Å²) in [5, 5.41) is 0. The van der Waals surface area contributed by atoms with E-state index in [0.29, 0.717) is 30.6 Å². The average molecular weight is 341 g/mol. The molecule has 2 aliphatic rings. The fourth-order valence-electron chi connectivity index (χ4n) is 2.67. The molecule has 0 unspecified atom stereocenters. The minimum Gasteiger partial charge on any atom is -0.476 e. The van der Waals surface area contributed by atoms with Crippen molar-refractivity contribution in [2.75, 3.05) is 23.8 Å². The summed E-state index contributed by atoms with van der Waals surface area (Å²) < 4.78 is 5.58. The predicted octanol–water partition coefficient (Wildman–Crippen LogP) is 3.41. The SMILES string of the molecule is O=C(c1cnc(OCC2CC2)cn1)N1CCCSc2ccccc21. The molecule has 1 amide bonds. The first-order valence-electron chi connectivity index (χ1n) is 8.30. The maximum atomic E-state index is 12.9. The second kappa shape index (κ2) is 6.81. The normalized spacial score (nSPS) is 17.1. The number of carbonyl (C=O) groups is 1. The number of hydrogen-bond donors (Lipinski definition) is 0. The van der Waals surface area contributed by atoms with Gasteiger partial charge < -0.3 is 9.64 Å². The van der Waals surface area contributed by atoms with Crippen molar-refractivity contribution in [3.8, 4) is 5.88 Å². The van der Waals surface area contributed by atoms with Gasteiger partial charge in [0.1, 0.15) is 5.69 Å². The second-order valence-electron chi connectivity index (χ2n) is 6.12. The number of aromatic nitrogens is 2. The monoisotopic (exact) mass is 341 g/mol. The molecule has 24 heavy (non-hydrogen) atoms. The third-order valence-electron chi connectivity index (χ3n) is 4.20. The largest absolute Gasteiger partial charge is 0.476 e. The van der Waals surface area contributed by atoms with Crippen LogP contribution >= 0.6 is 11.8 Å². The van der Waals surface area contributed by atoms with Crippen LogP contribution in [0.2, 0.25) is 0 Å². The number of thioether (sulfide) groups is 1. The summed E-state index contributed by atoms with van der Waals surface area (Å²) >= 11 is 1.79. The van der Waals surface area contributed by atoms with Gasteiger partial charge in [-0.2, -0.15) is 0 Å². The van der Waals surface area contributed by atoms with Crippen LogP contribution in [0.5, 0.6) is 5.88 Å². The number of benzene rings is 1. The molecule has 2 aromatic rings. The lowest BCUT2D eigenvalue weighted by Gasteiger charge is -2.21. The van der Waals surface area contributed by atoms with Gasteiger partial charge in [-0.1, -0.05) is 12.1 Å². The molecule has 1 aliphatic carbocycles. The van der Waals surface area contributed by atoms with E-state index < -0.39 is 0 Å². The molecule has 0 bridgehead atoms. The van der Waals surface area contributed by atoms with Gasteiger partial charge in [0.15, 0.2) is 0 Å². The number of ether oxygens (including phenoxy) is 1. The molecule has 1 aromatic heterocycles. The van der Waals surface area contributed by atoms with Crippen molar-refractivity contribution in [3.05, 3.63) is 42.4 Å². The number of amides is 1. The molecule has 0 atom stereocenters. The van der Waals surface area contributed by atoms with Gasteiger partial charge in [-0.3, -0.25) is 4.79 Å². The number of para-hydroxylation sites is 1. The standard InChI is InChI=1S/C18H19N3O2S/c22-18(14-10-20-17(11-19-14)23-12-13-6-7-13)21-8-3-9-24-16-5-2-1-4-15(16)21/h1-2,4-5,10-11,13H,3,6-9,12H2. The minimum atomic E-state index is -0.105. The van der Waals surface area contributed by atoms with E-state index in [1.165, 1.54) is 19.0 Å². The third kappa shape index (κ3) is 3.38. The number of hydrogen-bond acceptors (Lipinski definition) is 5. The van der Waals surface area contributed by atoms with Gasteiger partial charge in [0, 0.05) is 11.4 Å². The van der Waals surface area contributed by atoms with Crippen molar-refractivity contribution in [1.82, 2.24) is 9.97 Å². The average Bonchev–Trinajstić information content (AvgIpc) is 3.46. The highest BCUT2D eigenvalue weighted by Gasteiger charge is 2.24. The quantitative estimate of drug-likeness (QED) is 0.853. The summed E-state index contributed by atoms with van der Waals surface area (Å²) in [6, 6.07) is 8.02. The number of rotatable bonds is 4. The molecule has 1 aliphatic heterocycles. The van der Waals surface area contributed by atoms with Gasteiger partial charge in [0.05, 0.1) is 24.7 Å². The molecule has 1 fully saturated rings. The Morgan fingerprint density at radius 2 is 2.12 bits per heavy atom. The first kappa shape index (κ1) is 15.4. The van der Waals surface area contributed by atoms with E-state index in [2.05, 4.69) is 16.0 Å². The van der Waals surface area contributed by atoms with E-state index in [9.17, 15) is 4.79 Å². The first-order valence-corrected chi connectivity index (χ1v) is 9.28. The Hall–Kier alpha value is -2.08. The molecule has 0 radical (unpaired) electrons. The molecule has 1 aromatic carbocycles. The zero-order valence-corrected chi connectivity index (χ0v) is 14.2. The molecule has 0 N–H and O–H groups in total. The van der Waals surface area contributed by atoms with Gasteiger partial charge in [-0.05, 0) is 43.1 Å². The molecule has 0 spiro atoms. The van der Waals surface area contributed by atoms with Crippen LogP contribution in [0.25, 0.3) is 0 Å². The van der Waals surface area contributed by atoms with Gasteiger partial charge in [0.2, 0.25) is 5.88 Å². The third-order valence-corrected chi connectivity index (χ3v) is 5.34. The Balaban J connectivity index is 1.52. The van der Waals surface area contributed by atoms with Gasteiger partial charge in [-0.25, -0.2) is 9.97 Å². The summed E-state index contributed by atoms with van der Waals surface area (Å²) in [6.45, 7) is 1.39. The molecule has 124 valence electrons. The Bertz CT molecular complexity index is 731. The van der Waals surface area contributed by atoms with Crippen molar-refractivity contribution in [2.45, 2.75) is 24.2 Å². The summed E-state index contributed by atoms with van der Waals surface area (Å²) in [4.78, 5) is 24.3. The molecule has 5 nitrogen and oxygen atoms in total. The van der Waals surface area contributed by atoms with E-state index >= 15 is 0 Å². The van der Waals surface area contributed by atoms with E-state index in [0.717, 1.165) is 22.8 Å². The van der Waals surface area contributed by atoms with Crippen LogP contribution in [0.3, 0.4) is 0 Å². The van der Waals surface area contributed by atoms with Gasteiger partial charge in [0.25, 0.3) is 5.91 Å². The van der Waals surface area contributed by atoms with Crippen LogP contribution in [-0.4, -0.2) is 34.8 Å².